The van der Waals surface area contributed by atoms with Crippen LogP contribution in [-0.4, -0.2) is 39.5 Å². The summed E-state index contributed by atoms with van der Waals surface area (Å²) in [5.74, 6) is 0.676. The molecule has 3 nitrogen and oxygen atoms in total. The fourth-order valence-corrected chi connectivity index (χ4v) is 2.03. The zero-order valence-corrected chi connectivity index (χ0v) is 7.64. The third kappa shape index (κ3) is 1.37. The van der Waals surface area contributed by atoms with Gasteiger partial charge in [0.05, 0.1) is 26.4 Å². The molecule has 70 valence electrons. The van der Waals surface area contributed by atoms with Crippen molar-refractivity contribution >= 4 is 0 Å². The van der Waals surface area contributed by atoms with Gasteiger partial charge in [0.2, 0.25) is 0 Å². The summed E-state index contributed by atoms with van der Waals surface area (Å²) < 4.78 is 11.1. The highest BCUT2D eigenvalue weighted by atomic mass is 16.5. The first kappa shape index (κ1) is 8.48. The van der Waals surface area contributed by atoms with Gasteiger partial charge in [-0.1, -0.05) is 6.92 Å². The normalized spacial score (nSPS) is 35.2. The number of ether oxygens (including phenoxy) is 2. The van der Waals surface area contributed by atoms with E-state index >= 15 is 0 Å². The monoisotopic (exact) mass is 171 g/mol. The molecule has 1 atom stereocenters. The molecule has 1 N–H and O–H groups in total. The molecule has 2 saturated heterocycles. The van der Waals surface area contributed by atoms with Crippen LogP contribution in [0.15, 0.2) is 0 Å². The van der Waals surface area contributed by atoms with Gasteiger partial charge in [-0.05, 0) is 12.5 Å². The minimum atomic E-state index is 0.260. The predicted octanol–water partition coefficient (Wildman–Crippen LogP) is 0.259. The minimum Gasteiger partial charge on any atom is -0.378 e. The van der Waals surface area contributed by atoms with Crippen molar-refractivity contribution in [3.8, 4) is 0 Å². The summed E-state index contributed by atoms with van der Waals surface area (Å²) in [6.07, 6.45) is 0. The Bertz CT molecular complexity index is 153. The van der Waals surface area contributed by atoms with Crippen LogP contribution < -0.4 is 5.32 Å². The van der Waals surface area contributed by atoms with Crippen LogP contribution in [0.25, 0.3) is 0 Å². The molecule has 2 fully saturated rings. The van der Waals surface area contributed by atoms with Crippen LogP contribution in [-0.2, 0) is 9.47 Å². The molecular formula is C9H17NO2. The summed E-state index contributed by atoms with van der Waals surface area (Å²) in [7, 11) is 0. The molecule has 2 aliphatic heterocycles. The Hall–Kier alpha value is -0.120. The average molecular weight is 171 g/mol. The molecule has 0 amide bonds. The van der Waals surface area contributed by atoms with Crippen LogP contribution in [0.3, 0.4) is 0 Å². The molecule has 2 rings (SSSR count). The van der Waals surface area contributed by atoms with Gasteiger partial charge in [-0.15, -0.1) is 0 Å². The first-order valence-electron chi connectivity index (χ1n) is 4.70. The van der Waals surface area contributed by atoms with E-state index in [-0.39, 0.29) is 5.41 Å². The lowest BCUT2D eigenvalue weighted by molar-refractivity contribution is 0.0380. The fourth-order valence-electron chi connectivity index (χ4n) is 2.03. The predicted molar refractivity (Wildman–Crippen MR) is 46.1 cm³/mol. The molecule has 12 heavy (non-hydrogen) atoms. The van der Waals surface area contributed by atoms with Crippen LogP contribution in [0.5, 0.6) is 0 Å². The standard InChI is InChI=1S/C9H17NO2/c1-8-4-10-5-9(8)6-11-2-3-12-7-9/h8,10H,2-7H2,1H3. The first-order valence-corrected chi connectivity index (χ1v) is 4.70. The maximum absolute atomic E-state index is 5.54. The quantitative estimate of drug-likeness (QED) is 0.567. The van der Waals surface area contributed by atoms with Crippen molar-refractivity contribution in [2.75, 3.05) is 39.5 Å². The maximum Gasteiger partial charge on any atom is 0.0700 e. The maximum atomic E-state index is 5.54. The second kappa shape index (κ2) is 3.32. The lowest BCUT2D eigenvalue weighted by atomic mass is 9.81. The van der Waals surface area contributed by atoms with Gasteiger partial charge in [0, 0.05) is 12.0 Å². The van der Waals surface area contributed by atoms with E-state index in [0.29, 0.717) is 5.92 Å². The number of hydrogen-bond acceptors (Lipinski definition) is 3. The molecule has 0 aromatic carbocycles. The molecule has 1 unspecified atom stereocenters. The highest BCUT2D eigenvalue weighted by Gasteiger charge is 2.41. The van der Waals surface area contributed by atoms with Crippen LogP contribution in [0.1, 0.15) is 6.92 Å². The van der Waals surface area contributed by atoms with E-state index in [2.05, 4.69) is 12.2 Å². The van der Waals surface area contributed by atoms with E-state index in [4.69, 9.17) is 9.47 Å². The second-order valence-electron chi connectivity index (χ2n) is 4.00. The smallest absolute Gasteiger partial charge is 0.0700 e. The van der Waals surface area contributed by atoms with Crippen LogP contribution in [0.4, 0.5) is 0 Å². The molecule has 0 saturated carbocycles. The van der Waals surface area contributed by atoms with Gasteiger partial charge in [0.25, 0.3) is 0 Å². The molecule has 0 bridgehead atoms. The minimum absolute atomic E-state index is 0.260. The largest absolute Gasteiger partial charge is 0.378 e. The average Bonchev–Trinajstić information content (AvgIpc) is 2.33. The summed E-state index contributed by atoms with van der Waals surface area (Å²) in [6.45, 7) is 7.67. The van der Waals surface area contributed by atoms with Gasteiger partial charge in [-0.3, -0.25) is 0 Å². The number of nitrogens with one attached hydrogen (secondary N) is 1. The topological polar surface area (TPSA) is 30.5 Å². The van der Waals surface area contributed by atoms with E-state index in [1.54, 1.807) is 0 Å². The summed E-state index contributed by atoms with van der Waals surface area (Å²) in [4.78, 5) is 0. The number of hydrogen-bond donors (Lipinski definition) is 1. The Morgan fingerprint density at radius 3 is 2.42 bits per heavy atom. The number of rotatable bonds is 0. The Morgan fingerprint density at radius 1 is 1.25 bits per heavy atom. The van der Waals surface area contributed by atoms with E-state index in [1.807, 2.05) is 0 Å². The molecule has 0 aliphatic carbocycles. The third-order valence-electron chi connectivity index (χ3n) is 3.12. The van der Waals surface area contributed by atoms with Gasteiger partial charge < -0.3 is 14.8 Å². The van der Waals surface area contributed by atoms with Crippen molar-refractivity contribution in [2.45, 2.75) is 6.92 Å². The first-order chi connectivity index (χ1) is 5.83. The molecule has 3 heteroatoms. The highest BCUT2D eigenvalue weighted by Crippen LogP contribution is 2.32. The summed E-state index contributed by atoms with van der Waals surface area (Å²) in [5, 5.41) is 3.40. The van der Waals surface area contributed by atoms with Gasteiger partial charge >= 0.3 is 0 Å². The van der Waals surface area contributed by atoms with Crippen molar-refractivity contribution in [3.63, 3.8) is 0 Å². The Morgan fingerprint density at radius 2 is 1.92 bits per heavy atom. The zero-order valence-electron chi connectivity index (χ0n) is 7.64. The van der Waals surface area contributed by atoms with Crippen molar-refractivity contribution in [3.05, 3.63) is 0 Å². The summed E-state index contributed by atoms with van der Waals surface area (Å²) >= 11 is 0. The Balaban J connectivity index is 2.05. The fraction of sp³-hybridized carbons (Fsp3) is 1.00. The molecule has 0 aromatic heterocycles. The van der Waals surface area contributed by atoms with E-state index < -0.39 is 0 Å². The van der Waals surface area contributed by atoms with Crippen molar-refractivity contribution in [2.24, 2.45) is 11.3 Å². The van der Waals surface area contributed by atoms with Crippen molar-refractivity contribution in [1.29, 1.82) is 0 Å². The van der Waals surface area contributed by atoms with Gasteiger partial charge in [0.1, 0.15) is 0 Å². The van der Waals surface area contributed by atoms with Gasteiger partial charge in [-0.2, -0.15) is 0 Å². The molecule has 0 aromatic rings. The Labute approximate surface area is 73.4 Å². The Kier molecular flexibility index (Phi) is 2.35. The highest BCUT2D eigenvalue weighted by molar-refractivity contribution is 4.93. The van der Waals surface area contributed by atoms with Gasteiger partial charge in [-0.25, -0.2) is 0 Å². The van der Waals surface area contributed by atoms with E-state index in [1.165, 1.54) is 0 Å². The lowest BCUT2D eigenvalue weighted by Crippen LogP contribution is -2.37. The molecule has 1 spiro atoms. The summed E-state index contributed by atoms with van der Waals surface area (Å²) in [5.41, 5.74) is 0.260. The molecule has 2 heterocycles. The third-order valence-corrected chi connectivity index (χ3v) is 3.12. The molecular weight excluding hydrogens is 154 g/mol. The van der Waals surface area contributed by atoms with Crippen LogP contribution >= 0.6 is 0 Å². The lowest BCUT2D eigenvalue weighted by Gasteiger charge is -2.29. The van der Waals surface area contributed by atoms with E-state index in [9.17, 15) is 0 Å². The molecule has 2 aliphatic rings. The summed E-state index contributed by atoms with van der Waals surface area (Å²) in [6, 6.07) is 0. The van der Waals surface area contributed by atoms with Crippen molar-refractivity contribution in [1.82, 2.24) is 5.32 Å². The van der Waals surface area contributed by atoms with Gasteiger partial charge in [0.15, 0.2) is 0 Å². The molecule has 0 radical (unpaired) electrons. The zero-order chi connectivity index (χ0) is 8.44. The second-order valence-corrected chi connectivity index (χ2v) is 4.00. The van der Waals surface area contributed by atoms with E-state index in [0.717, 1.165) is 39.5 Å². The SMILES string of the molecule is CC1CNCC12COCCOC2. The van der Waals surface area contributed by atoms with Crippen molar-refractivity contribution < 1.29 is 9.47 Å². The van der Waals surface area contributed by atoms with Crippen LogP contribution in [0, 0.1) is 11.3 Å². The van der Waals surface area contributed by atoms with Crippen LogP contribution in [0.2, 0.25) is 0 Å².